The molecule has 0 amide bonds. The van der Waals surface area contributed by atoms with Gasteiger partial charge in [-0.1, -0.05) is 0 Å². The zero-order valence-corrected chi connectivity index (χ0v) is 18.5. The normalized spacial score (nSPS) is 10.6. The summed E-state index contributed by atoms with van der Waals surface area (Å²) >= 11 is 0. The number of rotatable bonds is 12. The van der Waals surface area contributed by atoms with Crippen molar-refractivity contribution in [2.24, 2.45) is 0 Å². The van der Waals surface area contributed by atoms with E-state index in [1.807, 2.05) is 0 Å². The van der Waals surface area contributed by atoms with E-state index in [-0.39, 0.29) is 0 Å². The largest absolute Gasteiger partial charge is 0.756 e. The Balaban J connectivity index is -0.000000143. The summed E-state index contributed by atoms with van der Waals surface area (Å²) in [5, 5.41) is 4.35. The molecular formula is C12H36N2O12P2. The molecular weight excluding hydrogens is 426 g/mol. The number of quaternary nitrogens is 2. The molecule has 0 saturated carbocycles. The lowest BCUT2D eigenvalue weighted by Gasteiger charge is -2.01. The molecule has 0 atom stereocenters. The second kappa shape index (κ2) is 27.0. The van der Waals surface area contributed by atoms with Gasteiger partial charge in [-0.25, -0.2) is 0 Å². The van der Waals surface area contributed by atoms with Gasteiger partial charge in [0, 0.05) is 28.4 Å². The lowest BCUT2D eigenvalue weighted by Crippen LogP contribution is -2.86. The Morgan fingerprint density at radius 1 is 0.607 bits per heavy atom. The molecule has 0 aromatic rings. The maximum atomic E-state index is 8.77. The van der Waals surface area contributed by atoms with Crippen LogP contribution in [0, 0.1) is 0 Å². The summed E-state index contributed by atoms with van der Waals surface area (Å²) in [6, 6.07) is 0. The van der Waals surface area contributed by atoms with Crippen molar-refractivity contribution in [3.05, 3.63) is 0 Å². The highest BCUT2D eigenvalue weighted by molar-refractivity contribution is 7.43. The molecule has 0 bridgehead atoms. The zero-order valence-electron chi connectivity index (χ0n) is 16.8. The van der Waals surface area contributed by atoms with Gasteiger partial charge in [0.05, 0.1) is 52.6 Å². The highest BCUT2D eigenvalue weighted by Crippen LogP contribution is 2.19. The fourth-order valence-electron chi connectivity index (χ4n) is 1.09. The van der Waals surface area contributed by atoms with Gasteiger partial charge in [0.25, 0.3) is 15.6 Å². The first-order valence-electron chi connectivity index (χ1n) is 7.95. The Bertz CT molecular complexity index is 304. The van der Waals surface area contributed by atoms with Gasteiger partial charge in [0.2, 0.25) is 0 Å². The Morgan fingerprint density at radius 3 is 0.857 bits per heavy atom. The molecule has 0 heterocycles. The smallest absolute Gasteiger partial charge is 0.262 e. The highest BCUT2D eigenvalue weighted by Gasteiger charge is 1.87. The van der Waals surface area contributed by atoms with Gasteiger partial charge < -0.3 is 58.9 Å². The Kier molecular flexibility index (Phi) is 34.1. The van der Waals surface area contributed by atoms with Crippen LogP contribution in [0.15, 0.2) is 0 Å². The molecule has 28 heavy (non-hydrogen) atoms. The van der Waals surface area contributed by atoms with E-state index in [4.69, 9.17) is 57.4 Å². The molecule has 14 nitrogen and oxygen atoms in total. The summed E-state index contributed by atoms with van der Waals surface area (Å²) < 4.78 is 36.9. The average Bonchev–Trinajstić information content (AvgIpc) is 2.52. The van der Waals surface area contributed by atoms with E-state index in [1.165, 1.54) is 0 Å². The molecule has 0 aliphatic carbocycles. The predicted molar refractivity (Wildman–Crippen MR) is 94.9 cm³/mol. The maximum Gasteiger partial charge on any atom is 0.262 e. The topological polar surface area (TPSA) is 231 Å². The third-order valence-electron chi connectivity index (χ3n) is 2.10. The summed E-state index contributed by atoms with van der Waals surface area (Å²) in [4.78, 5) is 45.8. The second-order valence-corrected chi connectivity index (χ2v) is 6.65. The van der Waals surface area contributed by atoms with Crippen LogP contribution in [0.4, 0.5) is 0 Å². The summed E-state index contributed by atoms with van der Waals surface area (Å²) in [5.41, 5.74) is 0. The molecule has 176 valence electrons. The zero-order chi connectivity index (χ0) is 22.9. The molecule has 0 aromatic carbocycles. The van der Waals surface area contributed by atoms with E-state index in [0.29, 0.717) is 0 Å². The van der Waals surface area contributed by atoms with Crippen molar-refractivity contribution in [3.63, 3.8) is 0 Å². The summed E-state index contributed by atoms with van der Waals surface area (Å²) in [5.74, 6) is 0. The van der Waals surface area contributed by atoms with Crippen LogP contribution in [0.5, 0.6) is 0 Å². The maximum absolute atomic E-state index is 8.77. The monoisotopic (exact) mass is 462 g/mol. The predicted octanol–water partition coefficient (Wildman–Crippen LogP) is -5.44. The van der Waals surface area contributed by atoms with Crippen molar-refractivity contribution in [2.45, 2.75) is 0 Å². The molecule has 0 unspecified atom stereocenters. The van der Waals surface area contributed by atoms with Crippen LogP contribution >= 0.6 is 15.6 Å². The quantitative estimate of drug-likeness (QED) is 0.118. The molecule has 0 rings (SSSR count). The van der Waals surface area contributed by atoms with Crippen LogP contribution < -0.4 is 20.4 Å². The van der Waals surface area contributed by atoms with Crippen molar-refractivity contribution in [2.75, 3.05) is 81.0 Å². The molecule has 0 radical (unpaired) electrons. The highest BCUT2D eigenvalue weighted by atomic mass is 31.2. The minimum Gasteiger partial charge on any atom is -0.756 e. The lowest BCUT2D eigenvalue weighted by atomic mass is 10.6. The fourth-order valence-corrected chi connectivity index (χ4v) is 1.09. The standard InChI is InChI=1S/2C6H15NO2.2H3O4P/c2*1-8-5-3-7-4-6-9-2;2*1-5(2,3)4/h2*7H,3-6H2,1-2H3;2*(H3,1,2,3,4). The number of phosphoric acid groups is 2. The first kappa shape index (κ1) is 35.4. The van der Waals surface area contributed by atoms with Gasteiger partial charge in [-0.3, -0.25) is 9.13 Å². The average molecular weight is 462 g/mol. The molecule has 0 aromatic heterocycles. The molecule has 16 heteroatoms. The minimum atomic E-state index is -4.89. The SMILES string of the molecule is COCC[NH2+]CCOC.COCC[NH2+]CCOC.O=P([O-])(O)O.O=P([O-])(O)O. The van der Waals surface area contributed by atoms with Crippen molar-refractivity contribution < 1.29 is 68.1 Å². The third-order valence-corrected chi connectivity index (χ3v) is 2.10. The molecule has 0 aliphatic heterocycles. The van der Waals surface area contributed by atoms with Crippen LogP contribution in [-0.4, -0.2) is 101 Å². The van der Waals surface area contributed by atoms with Crippen molar-refractivity contribution in [3.8, 4) is 0 Å². The van der Waals surface area contributed by atoms with Crippen LogP contribution in [0.2, 0.25) is 0 Å². The van der Waals surface area contributed by atoms with E-state index in [1.54, 1.807) is 28.4 Å². The van der Waals surface area contributed by atoms with Gasteiger partial charge in [0.1, 0.15) is 0 Å². The molecule has 0 fully saturated rings. The lowest BCUT2D eigenvalue weighted by molar-refractivity contribution is -0.657. The van der Waals surface area contributed by atoms with Crippen molar-refractivity contribution >= 4 is 15.6 Å². The number of methoxy groups -OCH3 is 4. The van der Waals surface area contributed by atoms with Crippen LogP contribution in [-0.2, 0) is 28.1 Å². The van der Waals surface area contributed by atoms with E-state index < -0.39 is 15.6 Å². The van der Waals surface area contributed by atoms with Crippen LogP contribution in [0.25, 0.3) is 0 Å². The Labute approximate surface area is 165 Å². The van der Waals surface area contributed by atoms with Crippen LogP contribution in [0.1, 0.15) is 0 Å². The number of hydrogen-bond acceptors (Lipinski definition) is 8. The van der Waals surface area contributed by atoms with E-state index in [0.717, 1.165) is 52.6 Å². The van der Waals surface area contributed by atoms with E-state index >= 15 is 0 Å². The number of nitrogens with two attached hydrogens (primary N) is 2. The molecule has 8 N–H and O–H groups in total. The van der Waals surface area contributed by atoms with Gasteiger partial charge in [-0.2, -0.15) is 0 Å². The van der Waals surface area contributed by atoms with Crippen molar-refractivity contribution in [1.29, 1.82) is 0 Å². The second-order valence-electron chi connectivity index (χ2n) is 4.68. The third kappa shape index (κ3) is 113. The summed E-state index contributed by atoms with van der Waals surface area (Å²) in [6.45, 7) is 7.40. The van der Waals surface area contributed by atoms with Gasteiger partial charge >= 0.3 is 0 Å². The van der Waals surface area contributed by atoms with Crippen LogP contribution in [0.3, 0.4) is 0 Å². The van der Waals surface area contributed by atoms with Gasteiger partial charge in [-0.05, 0) is 0 Å². The Morgan fingerprint density at radius 2 is 0.750 bits per heavy atom. The summed E-state index contributed by atoms with van der Waals surface area (Å²) in [7, 11) is -2.93. The van der Waals surface area contributed by atoms with Gasteiger partial charge in [0.15, 0.2) is 0 Å². The molecule has 0 saturated heterocycles. The number of ether oxygens (including phenoxy) is 4. The fraction of sp³-hybridized carbons (Fsp3) is 1.00. The number of hydrogen-bond donors (Lipinski definition) is 6. The molecule has 0 aliphatic rings. The Hall–Kier alpha value is -0.0200. The summed E-state index contributed by atoms with van der Waals surface area (Å²) in [6.07, 6.45) is 0. The van der Waals surface area contributed by atoms with Crippen molar-refractivity contribution in [1.82, 2.24) is 0 Å². The molecule has 0 spiro atoms. The first-order chi connectivity index (χ1) is 12.8. The minimum absolute atomic E-state index is 0.823. The van der Waals surface area contributed by atoms with E-state index in [2.05, 4.69) is 10.6 Å². The van der Waals surface area contributed by atoms with Gasteiger partial charge in [-0.15, -0.1) is 0 Å². The van der Waals surface area contributed by atoms with E-state index in [9.17, 15) is 0 Å². The first-order valence-corrected chi connectivity index (χ1v) is 11.0.